The second kappa shape index (κ2) is 7.01. The zero-order chi connectivity index (χ0) is 13.7. The third-order valence-electron chi connectivity index (χ3n) is 4.14. The highest BCUT2D eigenvalue weighted by molar-refractivity contribution is 5.23. The van der Waals surface area contributed by atoms with E-state index in [2.05, 4.69) is 6.92 Å². The minimum Gasteiger partial charge on any atom is -0.373 e. The van der Waals surface area contributed by atoms with Crippen LogP contribution in [0.3, 0.4) is 0 Å². The van der Waals surface area contributed by atoms with Crippen LogP contribution in [0.4, 0.5) is 4.39 Å². The average molecular weight is 265 g/mol. The van der Waals surface area contributed by atoms with Gasteiger partial charge in [-0.15, -0.1) is 0 Å². The summed E-state index contributed by atoms with van der Waals surface area (Å²) in [6.45, 7) is 2.98. The molecule has 0 aliphatic heterocycles. The van der Waals surface area contributed by atoms with E-state index in [0.717, 1.165) is 24.3 Å². The van der Waals surface area contributed by atoms with Gasteiger partial charge in [-0.1, -0.05) is 38.3 Å². The van der Waals surface area contributed by atoms with Gasteiger partial charge in [0, 0.05) is 12.1 Å². The Morgan fingerprint density at radius 1 is 1.37 bits per heavy atom. The van der Waals surface area contributed by atoms with Crippen molar-refractivity contribution in [2.75, 3.05) is 0 Å². The number of halogens is 1. The molecule has 2 nitrogen and oxygen atoms in total. The predicted octanol–water partition coefficient (Wildman–Crippen LogP) is 3.77. The normalized spacial score (nSPS) is 23.5. The summed E-state index contributed by atoms with van der Waals surface area (Å²) in [6.07, 6.45) is 6.30. The monoisotopic (exact) mass is 265 g/mol. The molecule has 0 bridgehead atoms. The van der Waals surface area contributed by atoms with Gasteiger partial charge in [-0.05, 0) is 30.4 Å². The number of hydrogen-bond acceptors (Lipinski definition) is 2. The molecule has 0 aromatic heterocycles. The van der Waals surface area contributed by atoms with E-state index in [4.69, 9.17) is 10.5 Å². The lowest BCUT2D eigenvalue weighted by atomic mass is 9.85. The van der Waals surface area contributed by atoms with E-state index >= 15 is 0 Å². The SMILES string of the molecule is CCC1CCCC(OCc2ccc(CN)cc2F)C1. The molecular formula is C16H24FNO. The van der Waals surface area contributed by atoms with Crippen LogP contribution in [0.25, 0.3) is 0 Å². The summed E-state index contributed by atoms with van der Waals surface area (Å²) in [5.41, 5.74) is 6.95. The summed E-state index contributed by atoms with van der Waals surface area (Å²) in [4.78, 5) is 0. The summed E-state index contributed by atoms with van der Waals surface area (Å²) < 4.78 is 19.7. The molecule has 0 radical (unpaired) electrons. The lowest BCUT2D eigenvalue weighted by Crippen LogP contribution is -2.22. The molecule has 1 aromatic carbocycles. The first kappa shape index (κ1) is 14.5. The van der Waals surface area contributed by atoms with Gasteiger partial charge in [-0.3, -0.25) is 0 Å². The minimum atomic E-state index is -0.203. The molecule has 1 aromatic rings. The van der Waals surface area contributed by atoms with Crippen molar-refractivity contribution in [3.05, 3.63) is 35.1 Å². The van der Waals surface area contributed by atoms with Crippen molar-refractivity contribution >= 4 is 0 Å². The Kier molecular flexibility index (Phi) is 5.34. The van der Waals surface area contributed by atoms with Crippen molar-refractivity contribution in [1.82, 2.24) is 0 Å². The topological polar surface area (TPSA) is 35.2 Å². The number of hydrogen-bond donors (Lipinski definition) is 1. The quantitative estimate of drug-likeness (QED) is 0.879. The molecule has 19 heavy (non-hydrogen) atoms. The Morgan fingerprint density at radius 2 is 2.21 bits per heavy atom. The van der Waals surface area contributed by atoms with Crippen LogP contribution in [0.2, 0.25) is 0 Å². The fourth-order valence-corrected chi connectivity index (χ4v) is 2.81. The van der Waals surface area contributed by atoms with E-state index in [0.29, 0.717) is 24.8 Å². The zero-order valence-corrected chi connectivity index (χ0v) is 11.7. The third-order valence-corrected chi connectivity index (χ3v) is 4.14. The Balaban J connectivity index is 1.88. The highest BCUT2D eigenvalue weighted by Gasteiger charge is 2.21. The van der Waals surface area contributed by atoms with Gasteiger partial charge in [-0.25, -0.2) is 4.39 Å². The second-order valence-electron chi connectivity index (χ2n) is 5.50. The molecule has 3 heteroatoms. The molecule has 0 amide bonds. The fraction of sp³-hybridized carbons (Fsp3) is 0.625. The molecule has 106 valence electrons. The molecule has 0 saturated heterocycles. The predicted molar refractivity (Wildman–Crippen MR) is 75.1 cm³/mol. The van der Waals surface area contributed by atoms with Gasteiger partial charge in [-0.2, -0.15) is 0 Å². The van der Waals surface area contributed by atoms with E-state index in [1.165, 1.54) is 25.3 Å². The van der Waals surface area contributed by atoms with Gasteiger partial charge in [0.05, 0.1) is 12.7 Å². The first-order chi connectivity index (χ1) is 9.22. The van der Waals surface area contributed by atoms with Crippen LogP contribution in [-0.4, -0.2) is 6.10 Å². The van der Waals surface area contributed by atoms with Crippen molar-refractivity contribution < 1.29 is 9.13 Å². The van der Waals surface area contributed by atoms with Crippen molar-refractivity contribution in [1.29, 1.82) is 0 Å². The van der Waals surface area contributed by atoms with Crippen molar-refractivity contribution in [3.8, 4) is 0 Å². The molecule has 2 unspecified atom stereocenters. The van der Waals surface area contributed by atoms with Gasteiger partial charge in [0.2, 0.25) is 0 Å². The highest BCUT2D eigenvalue weighted by Crippen LogP contribution is 2.29. The van der Waals surface area contributed by atoms with Gasteiger partial charge >= 0.3 is 0 Å². The third kappa shape index (κ3) is 4.02. The summed E-state index contributed by atoms with van der Waals surface area (Å²) >= 11 is 0. The molecule has 1 fully saturated rings. The molecule has 1 aliphatic carbocycles. The lowest BCUT2D eigenvalue weighted by Gasteiger charge is -2.28. The first-order valence-corrected chi connectivity index (χ1v) is 7.32. The van der Waals surface area contributed by atoms with Gasteiger partial charge in [0.25, 0.3) is 0 Å². The molecule has 0 heterocycles. The van der Waals surface area contributed by atoms with Crippen LogP contribution in [0, 0.1) is 11.7 Å². The van der Waals surface area contributed by atoms with Crippen LogP contribution < -0.4 is 5.73 Å². The van der Waals surface area contributed by atoms with Gasteiger partial charge < -0.3 is 10.5 Å². The average Bonchev–Trinajstić information content (AvgIpc) is 2.46. The first-order valence-electron chi connectivity index (χ1n) is 7.32. The van der Waals surface area contributed by atoms with E-state index in [-0.39, 0.29) is 5.82 Å². The lowest BCUT2D eigenvalue weighted by molar-refractivity contribution is 0.000656. The van der Waals surface area contributed by atoms with Crippen molar-refractivity contribution in [2.45, 2.75) is 58.3 Å². The standard InChI is InChI=1S/C16H24FNO/c1-2-12-4-3-5-15(8-12)19-11-14-7-6-13(10-18)9-16(14)17/h6-7,9,12,15H,2-5,8,10-11,18H2,1H3. The second-order valence-corrected chi connectivity index (χ2v) is 5.50. The number of ether oxygens (including phenoxy) is 1. The summed E-state index contributed by atoms with van der Waals surface area (Å²) in [5, 5.41) is 0. The van der Waals surface area contributed by atoms with Crippen LogP contribution in [0.1, 0.15) is 50.2 Å². The van der Waals surface area contributed by atoms with Crippen molar-refractivity contribution in [2.24, 2.45) is 11.7 Å². The number of nitrogens with two attached hydrogens (primary N) is 1. The number of rotatable bonds is 5. The minimum absolute atomic E-state index is 0.203. The molecule has 2 atom stereocenters. The Morgan fingerprint density at radius 3 is 2.89 bits per heavy atom. The van der Waals surface area contributed by atoms with E-state index in [9.17, 15) is 4.39 Å². The Hall–Kier alpha value is -0.930. The molecule has 1 saturated carbocycles. The summed E-state index contributed by atoms with van der Waals surface area (Å²) in [5.74, 6) is 0.578. The maximum absolute atomic E-state index is 13.8. The highest BCUT2D eigenvalue weighted by atomic mass is 19.1. The Bertz CT molecular complexity index is 408. The molecule has 2 N–H and O–H groups in total. The molecule has 1 aliphatic rings. The smallest absolute Gasteiger partial charge is 0.129 e. The molecular weight excluding hydrogens is 241 g/mol. The number of benzene rings is 1. The van der Waals surface area contributed by atoms with Crippen molar-refractivity contribution in [3.63, 3.8) is 0 Å². The fourth-order valence-electron chi connectivity index (χ4n) is 2.81. The van der Waals surface area contributed by atoms with Crippen LogP contribution in [0.5, 0.6) is 0 Å². The van der Waals surface area contributed by atoms with Crippen LogP contribution in [-0.2, 0) is 17.9 Å². The zero-order valence-electron chi connectivity index (χ0n) is 11.7. The largest absolute Gasteiger partial charge is 0.373 e. The van der Waals surface area contributed by atoms with Crippen LogP contribution in [0.15, 0.2) is 18.2 Å². The summed E-state index contributed by atoms with van der Waals surface area (Å²) in [7, 11) is 0. The summed E-state index contributed by atoms with van der Waals surface area (Å²) in [6, 6.07) is 5.17. The molecule has 0 spiro atoms. The Labute approximate surface area is 115 Å². The van der Waals surface area contributed by atoms with Gasteiger partial charge in [0.1, 0.15) is 5.82 Å². The van der Waals surface area contributed by atoms with E-state index in [1.54, 1.807) is 6.07 Å². The maximum atomic E-state index is 13.8. The van der Waals surface area contributed by atoms with Gasteiger partial charge in [0.15, 0.2) is 0 Å². The van der Waals surface area contributed by atoms with E-state index in [1.807, 2.05) is 6.07 Å². The maximum Gasteiger partial charge on any atom is 0.129 e. The molecule has 2 rings (SSSR count). The van der Waals surface area contributed by atoms with Crippen LogP contribution >= 0.6 is 0 Å². The van der Waals surface area contributed by atoms with E-state index < -0.39 is 0 Å².